The number of imide groups is 1. The molecule has 1 aromatic rings. The van der Waals surface area contributed by atoms with E-state index in [1.807, 2.05) is 30.3 Å². The first-order valence-electron chi connectivity index (χ1n) is 12.1. The number of aryl methyl sites for hydroxylation is 1. The van der Waals surface area contributed by atoms with Crippen LogP contribution in [0.5, 0.6) is 0 Å². The van der Waals surface area contributed by atoms with Crippen LogP contribution in [0.3, 0.4) is 0 Å². The highest BCUT2D eigenvalue weighted by Crippen LogP contribution is 2.51. The molecule has 1 heterocycles. The van der Waals surface area contributed by atoms with E-state index in [1.54, 1.807) is 27.7 Å². The van der Waals surface area contributed by atoms with Gasteiger partial charge in [0.2, 0.25) is 6.79 Å². The van der Waals surface area contributed by atoms with Crippen LogP contribution in [0.2, 0.25) is 0 Å². The van der Waals surface area contributed by atoms with Crippen LogP contribution in [0.25, 0.3) is 0 Å². The van der Waals surface area contributed by atoms with Gasteiger partial charge >= 0.3 is 25.6 Å². The topological polar surface area (TPSA) is 116 Å². The fourth-order valence-electron chi connectivity index (χ4n) is 4.20. The Morgan fingerprint density at radius 2 is 1.83 bits per heavy atom. The third kappa shape index (κ3) is 7.71. The Bertz CT molecular complexity index is 929. The van der Waals surface area contributed by atoms with Crippen molar-refractivity contribution in [1.82, 2.24) is 0 Å². The SMILES string of the molecule is CC(OP(=O)(CCCCc1ccccc1)OCOC(=O)C(C)(C)C)C(=O)[N+]1(C(=O)O)CCC[C@H]1C. The quantitative estimate of drug-likeness (QED) is 0.138. The van der Waals surface area contributed by atoms with Crippen molar-refractivity contribution in [3.05, 3.63) is 35.9 Å². The van der Waals surface area contributed by atoms with Gasteiger partial charge in [0, 0.05) is 12.8 Å². The predicted molar refractivity (Wildman–Crippen MR) is 131 cm³/mol. The molecule has 0 bridgehead atoms. The molecule has 196 valence electrons. The Morgan fingerprint density at radius 1 is 1.17 bits per heavy atom. The van der Waals surface area contributed by atoms with Gasteiger partial charge in [0.25, 0.3) is 0 Å². The van der Waals surface area contributed by atoms with E-state index >= 15 is 0 Å². The number of carbonyl (C=O) groups is 3. The van der Waals surface area contributed by atoms with Gasteiger partial charge < -0.3 is 9.84 Å². The van der Waals surface area contributed by atoms with Crippen molar-refractivity contribution >= 4 is 25.6 Å². The zero-order valence-electron chi connectivity index (χ0n) is 21.4. The van der Waals surface area contributed by atoms with Gasteiger partial charge in [-0.25, -0.2) is 4.79 Å². The monoisotopic (exact) mass is 512 g/mol. The van der Waals surface area contributed by atoms with Crippen molar-refractivity contribution in [3.63, 3.8) is 0 Å². The summed E-state index contributed by atoms with van der Waals surface area (Å²) in [5.41, 5.74) is 0.375. The number of benzene rings is 1. The number of carbonyl (C=O) groups excluding carboxylic acids is 2. The number of ether oxygens (including phenoxy) is 1. The van der Waals surface area contributed by atoms with Crippen molar-refractivity contribution in [2.24, 2.45) is 5.41 Å². The first kappa shape index (κ1) is 29.2. The Labute approximate surface area is 207 Å². The van der Waals surface area contributed by atoms with Crippen LogP contribution < -0.4 is 0 Å². The van der Waals surface area contributed by atoms with E-state index in [-0.39, 0.29) is 12.7 Å². The number of likely N-dealkylation sites (tertiary alicyclic amines) is 1. The van der Waals surface area contributed by atoms with Crippen LogP contribution in [-0.2, 0) is 34.4 Å². The van der Waals surface area contributed by atoms with Crippen LogP contribution in [-0.4, -0.2) is 59.2 Å². The van der Waals surface area contributed by atoms with Gasteiger partial charge in [0.15, 0.2) is 6.10 Å². The second kappa shape index (κ2) is 12.3. The number of nitrogens with zero attached hydrogens (tertiary/aromatic N) is 1. The number of hydrogen-bond donors (Lipinski definition) is 1. The van der Waals surface area contributed by atoms with Gasteiger partial charge in [-0.15, -0.1) is 0 Å². The van der Waals surface area contributed by atoms with Crippen LogP contribution in [0.1, 0.15) is 65.9 Å². The molecule has 2 rings (SSSR count). The summed E-state index contributed by atoms with van der Waals surface area (Å²) in [7, 11) is -3.88. The predicted octanol–water partition coefficient (Wildman–Crippen LogP) is 5.37. The minimum atomic E-state index is -3.88. The number of rotatable bonds is 11. The molecule has 1 saturated heterocycles. The Balaban J connectivity index is 2.09. The van der Waals surface area contributed by atoms with Crippen molar-refractivity contribution in [2.75, 3.05) is 19.5 Å². The van der Waals surface area contributed by atoms with Crippen molar-refractivity contribution in [3.8, 4) is 0 Å². The van der Waals surface area contributed by atoms with E-state index in [1.165, 1.54) is 6.92 Å². The maximum Gasteiger partial charge on any atom is 0.521 e. The van der Waals surface area contributed by atoms with Gasteiger partial charge in [-0.1, -0.05) is 30.3 Å². The molecule has 3 unspecified atom stereocenters. The van der Waals surface area contributed by atoms with Crippen LogP contribution in [0, 0.1) is 5.41 Å². The molecule has 1 fully saturated rings. The molecule has 0 radical (unpaired) electrons. The van der Waals surface area contributed by atoms with Crippen LogP contribution >= 0.6 is 7.60 Å². The average Bonchev–Trinajstić information content (AvgIpc) is 3.18. The van der Waals surface area contributed by atoms with Crippen molar-refractivity contribution in [1.29, 1.82) is 0 Å². The number of hydrogen-bond acceptors (Lipinski definition) is 7. The number of amides is 2. The molecule has 4 atom stereocenters. The van der Waals surface area contributed by atoms with E-state index in [4.69, 9.17) is 13.8 Å². The maximum atomic E-state index is 13.6. The second-order valence-electron chi connectivity index (χ2n) is 10.2. The molecule has 1 aromatic carbocycles. The Hall–Kier alpha value is -2.06. The van der Waals surface area contributed by atoms with Gasteiger partial charge in [-0.3, -0.25) is 18.4 Å². The molecular formula is C25H39NO8P+. The first-order chi connectivity index (χ1) is 16.3. The largest absolute Gasteiger partial charge is 0.521 e. The van der Waals surface area contributed by atoms with E-state index < -0.39 is 54.4 Å². The van der Waals surface area contributed by atoms with Crippen LogP contribution in [0.15, 0.2) is 30.3 Å². The Kier molecular flexibility index (Phi) is 10.2. The first-order valence-corrected chi connectivity index (χ1v) is 13.8. The minimum Gasteiger partial charge on any atom is -0.438 e. The molecule has 10 heteroatoms. The lowest BCUT2D eigenvalue weighted by Crippen LogP contribution is -2.61. The van der Waals surface area contributed by atoms with Crippen LogP contribution in [0.4, 0.5) is 4.79 Å². The van der Waals surface area contributed by atoms with Gasteiger partial charge in [0.1, 0.15) is 6.04 Å². The minimum absolute atomic E-state index is 0.00709. The fraction of sp³-hybridized carbons (Fsp3) is 0.640. The number of unbranched alkanes of at least 4 members (excludes halogenated alkanes) is 1. The lowest BCUT2D eigenvalue weighted by atomic mass is 9.98. The normalized spacial score (nSPS) is 22.8. The standard InChI is InChI=1S/C25H38NO8P/c1-19-12-11-16-26(19,24(29)30)22(27)20(2)34-35(31,33-18-32-23(28)25(3,4)5)17-10-9-15-21-13-7-6-8-14-21/h6-8,13-14,19-20H,9-12,15-18H2,1-5H3/p+1/t19-,20?,26?,35?/m1/s1. The van der Waals surface area contributed by atoms with Gasteiger partial charge in [-0.2, -0.15) is 9.28 Å². The van der Waals surface area contributed by atoms with Gasteiger partial charge in [0.05, 0.1) is 18.1 Å². The molecule has 35 heavy (non-hydrogen) atoms. The van der Waals surface area contributed by atoms with E-state index in [2.05, 4.69) is 0 Å². The van der Waals surface area contributed by atoms with E-state index in [0.717, 1.165) is 12.0 Å². The number of esters is 1. The molecule has 0 aliphatic carbocycles. The molecule has 0 spiro atoms. The molecule has 1 aliphatic rings. The summed E-state index contributed by atoms with van der Waals surface area (Å²) in [5, 5.41) is 9.85. The number of carboxylic acid groups (broad SMARTS) is 1. The Morgan fingerprint density at radius 3 is 2.37 bits per heavy atom. The van der Waals surface area contributed by atoms with E-state index in [0.29, 0.717) is 25.7 Å². The molecule has 0 saturated carbocycles. The van der Waals surface area contributed by atoms with E-state index in [9.17, 15) is 24.1 Å². The highest BCUT2D eigenvalue weighted by molar-refractivity contribution is 7.53. The van der Waals surface area contributed by atoms with Crippen molar-refractivity contribution < 1.29 is 42.3 Å². The summed E-state index contributed by atoms with van der Waals surface area (Å²) >= 11 is 0. The second-order valence-corrected chi connectivity index (χ2v) is 12.3. The fourth-order valence-corrected chi connectivity index (χ4v) is 5.89. The zero-order chi connectivity index (χ0) is 26.3. The lowest BCUT2D eigenvalue weighted by molar-refractivity contribution is -0.793. The molecule has 9 nitrogen and oxygen atoms in total. The summed E-state index contributed by atoms with van der Waals surface area (Å²) in [6, 6.07) is 9.43. The molecule has 1 aliphatic heterocycles. The molecule has 1 N–H and O–H groups in total. The smallest absolute Gasteiger partial charge is 0.438 e. The lowest BCUT2D eigenvalue weighted by Gasteiger charge is -2.32. The summed E-state index contributed by atoms with van der Waals surface area (Å²) in [5.74, 6) is -1.19. The van der Waals surface area contributed by atoms with Crippen molar-refractivity contribution in [2.45, 2.75) is 78.9 Å². The highest BCUT2D eigenvalue weighted by atomic mass is 31.2. The summed E-state index contributed by atoms with van der Waals surface area (Å²) in [6.07, 6.45) is 0.645. The summed E-state index contributed by atoms with van der Waals surface area (Å²) in [6.45, 7) is 7.75. The number of quaternary nitrogens is 1. The third-order valence-corrected chi connectivity index (χ3v) is 8.33. The zero-order valence-corrected chi connectivity index (χ0v) is 22.3. The highest BCUT2D eigenvalue weighted by Gasteiger charge is 2.55. The summed E-state index contributed by atoms with van der Waals surface area (Å²) < 4.78 is 29.0. The third-order valence-electron chi connectivity index (χ3n) is 6.33. The van der Waals surface area contributed by atoms with Gasteiger partial charge in [-0.05, 0) is 59.4 Å². The molecule has 0 aromatic heterocycles. The average molecular weight is 513 g/mol. The molecule has 2 amide bonds. The summed E-state index contributed by atoms with van der Waals surface area (Å²) in [4.78, 5) is 37.4. The maximum absolute atomic E-state index is 13.6. The molecular weight excluding hydrogens is 473 g/mol.